The standard InChI is InChI=1S/C24H38O4.C15H30/c1-5-9-13-19(7-3)17-27-23(25)21-15-11-12-16-22(21)24(26)28-18-20(8-4)14-10-6-2;1-3-5-7-9-11-13-15-14-12-10-8-6-4-2/h11-12,15-16,19-20H,5-10,13-14,17-18H2,1-4H3;3H,1,4-15H2,2H3. The molecule has 248 valence electrons. The molecular formula is C39H68O4. The topological polar surface area (TPSA) is 52.6 Å². The van der Waals surface area contributed by atoms with Crippen LogP contribution in [0.4, 0.5) is 0 Å². The molecule has 0 amide bonds. The van der Waals surface area contributed by atoms with Crippen molar-refractivity contribution in [1.29, 1.82) is 0 Å². The van der Waals surface area contributed by atoms with Crippen LogP contribution in [0, 0.1) is 11.8 Å². The van der Waals surface area contributed by atoms with Crippen LogP contribution in [-0.4, -0.2) is 25.2 Å². The fraction of sp³-hybridized carbons (Fsp3) is 0.744. The van der Waals surface area contributed by atoms with Gasteiger partial charge < -0.3 is 9.47 Å². The van der Waals surface area contributed by atoms with Gasteiger partial charge in [0.1, 0.15) is 0 Å². The summed E-state index contributed by atoms with van der Waals surface area (Å²) in [5, 5.41) is 0. The van der Waals surface area contributed by atoms with Gasteiger partial charge in [-0.2, -0.15) is 0 Å². The maximum absolute atomic E-state index is 12.6. The number of esters is 2. The Balaban J connectivity index is 0.000000994. The molecule has 0 fully saturated rings. The van der Waals surface area contributed by atoms with Crippen molar-refractivity contribution < 1.29 is 19.1 Å². The summed E-state index contributed by atoms with van der Waals surface area (Å²) in [7, 11) is 0. The van der Waals surface area contributed by atoms with E-state index < -0.39 is 11.9 Å². The van der Waals surface area contributed by atoms with E-state index in [1.54, 1.807) is 24.3 Å². The van der Waals surface area contributed by atoms with Crippen molar-refractivity contribution in [3.05, 3.63) is 48.0 Å². The van der Waals surface area contributed by atoms with Gasteiger partial charge in [0, 0.05) is 0 Å². The minimum Gasteiger partial charge on any atom is -0.462 e. The summed E-state index contributed by atoms with van der Waals surface area (Å²) < 4.78 is 11.0. The third-order valence-corrected chi connectivity index (χ3v) is 8.37. The molecule has 0 aliphatic heterocycles. The normalized spacial score (nSPS) is 12.1. The molecule has 4 heteroatoms. The Kier molecular flexibility index (Phi) is 28.5. The molecule has 0 bridgehead atoms. The fourth-order valence-corrected chi connectivity index (χ4v) is 5.13. The first-order valence-electron chi connectivity index (χ1n) is 18.0. The minimum atomic E-state index is -0.444. The highest BCUT2D eigenvalue weighted by atomic mass is 16.5. The van der Waals surface area contributed by atoms with Gasteiger partial charge in [0.15, 0.2) is 0 Å². The monoisotopic (exact) mass is 601 g/mol. The maximum atomic E-state index is 12.6. The molecule has 0 aliphatic carbocycles. The predicted octanol–water partition coefficient (Wildman–Crippen LogP) is 12.3. The number of carbonyl (C=O) groups excluding carboxylic acids is 2. The van der Waals surface area contributed by atoms with Crippen molar-refractivity contribution in [2.24, 2.45) is 11.8 Å². The van der Waals surface area contributed by atoms with Gasteiger partial charge in [-0.15, -0.1) is 6.58 Å². The molecular weight excluding hydrogens is 532 g/mol. The van der Waals surface area contributed by atoms with Crippen LogP contribution in [0.25, 0.3) is 0 Å². The van der Waals surface area contributed by atoms with Crippen LogP contribution in [0.5, 0.6) is 0 Å². The highest BCUT2D eigenvalue weighted by molar-refractivity contribution is 6.03. The van der Waals surface area contributed by atoms with E-state index in [9.17, 15) is 9.59 Å². The average molecular weight is 601 g/mol. The lowest BCUT2D eigenvalue weighted by Crippen LogP contribution is -2.19. The molecule has 2 unspecified atom stereocenters. The first-order chi connectivity index (χ1) is 21.0. The molecule has 1 rings (SSSR count). The molecule has 1 aromatic rings. The van der Waals surface area contributed by atoms with Crippen LogP contribution in [0.2, 0.25) is 0 Å². The molecule has 0 aliphatic rings. The number of ether oxygens (including phenoxy) is 2. The van der Waals surface area contributed by atoms with Crippen LogP contribution >= 0.6 is 0 Å². The van der Waals surface area contributed by atoms with E-state index in [4.69, 9.17) is 9.47 Å². The average Bonchev–Trinajstić information content (AvgIpc) is 3.04. The Morgan fingerprint density at radius 2 is 0.977 bits per heavy atom. The molecule has 43 heavy (non-hydrogen) atoms. The molecule has 0 heterocycles. The number of hydrogen-bond acceptors (Lipinski definition) is 4. The number of rotatable bonds is 26. The molecule has 0 saturated heterocycles. The zero-order valence-electron chi connectivity index (χ0n) is 28.9. The van der Waals surface area contributed by atoms with Crippen molar-refractivity contribution in [3.8, 4) is 0 Å². The zero-order chi connectivity index (χ0) is 32.0. The first kappa shape index (κ1) is 40.9. The van der Waals surface area contributed by atoms with Gasteiger partial charge in [0.05, 0.1) is 24.3 Å². The van der Waals surface area contributed by atoms with Crippen LogP contribution < -0.4 is 0 Å². The third-order valence-electron chi connectivity index (χ3n) is 8.37. The van der Waals surface area contributed by atoms with E-state index in [0.29, 0.717) is 36.2 Å². The molecule has 0 spiro atoms. The number of hydrogen-bond donors (Lipinski definition) is 0. The van der Waals surface area contributed by atoms with E-state index in [0.717, 1.165) is 51.4 Å². The Hall–Kier alpha value is -2.10. The van der Waals surface area contributed by atoms with Crippen LogP contribution in [0.3, 0.4) is 0 Å². The number of allylic oxidation sites excluding steroid dienone is 1. The molecule has 1 aromatic carbocycles. The summed E-state index contributed by atoms with van der Waals surface area (Å²) in [5.74, 6) is -0.153. The molecule has 2 atom stereocenters. The van der Waals surface area contributed by atoms with Crippen LogP contribution in [0.15, 0.2) is 36.9 Å². The van der Waals surface area contributed by atoms with Gasteiger partial charge in [-0.1, -0.05) is 156 Å². The van der Waals surface area contributed by atoms with Crippen molar-refractivity contribution in [1.82, 2.24) is 0 Å². The van der Waals surface area contributed by atoms with Crippen molar-refractivity contribution in [2.75, 3.05) is 13.2 Å². The van der Waals surface area contributed by atoms with E-state index >= 15 is 0 Å². The van der Waals surface area contributed by atoms with Gasteiger partial charge in [0.2, 0.25) is 0 Å². The predicted molar refractivity (Wildman–Crippen MR) is 185 cm³/mol. The van der Waals surface area contributed by atoms with Gasteiger partial charge in [-0.25, -0.2) is 9.59 Å². The lowest BCUT2D eigenvalue weighted by Gasteiger charge is -2.17. The first-order valence-corrected chi connectivity index (χ1v) is 18.0. The quantitative estimate of drug-likeness (QED) is 0.0603. The SMILES string of the molecule is C=CCCCCCCCCCCCCC.CCCCC(CC)COC(=O)c1ccccc1C(=O)OCC(CC)CCCC. The Bertz CT molecular complexity index is 751. The second-order valence-corrected chi connectivity index (χ2v) is 12.2. The molecule has 0 saturated carbocycles. The van der Waals surface area contributed by atoms with Crippen LogP contribution in [0.1, 0.15) is 184 Å². The van der Waals surface area contributed by atoms with E-state index in [-0.39, 0.29) is 0 Å². The zero-order valence-corrected chi connectivity index (χ0v) is 28.9. The summed E-state index contributed by atoms with van der Waals surface area (Å²) in [5.41, 5.74) is 0.582. The number of unbranched alkanes of at least 4 members (excludes halogenated alkanes) is 13. The van der Waals surface area contributed by atoms with Gasteiger partial charge in [-0.05, 0) is 49.7 Å². The maximum Gasteiger partial charge on any atom is 0.339 e. The summed E-state index contributed by atoms with van der Waals surface area (Å²) in [6.07, 6.45) is 27.6. The number of benzene rings is 1. The van der Waals surface area contributed by atoms with E-state index in [1.165, 1.54) is 77.0 Å². The Morgan fingerprint density at radius 3 is 1.33 bits per heavy atom. The largest absolute Gasteiger partial charge is 0.462 e. The summed E-state index contributed by atoms with van der Waals surface area (Å²) in [6, 6.07) is 6.77. The fourth-order valence-electron chi connectivity index (χ4n) is 5.13. The minimum absolute atomic E-state index is 0.291. The van der Waals surface area contributed by atoms with Crippen molar-refractivity contribution >= 4 is 11.9 Å². The van der Waals surface area contributed by atoms with Gasteiger partial charge in [0.25, 0.3) is 0 Å². The van der Waals surface area contributed by atoms with E-state index in [1.807, 2.05) is 6.08 Å². The third kappa shape index (κ3) is 22.1. The summed E-state index contributed by atoms with van der Waals surface area (Å²) >= 11 is 0. The smallest absolute Gasteiger partial charge is 0.339 e. The lowest BCUT2D eigenvalue weighted by molar-refractivity contribution is 0.0381. The highest BCUT2D eigenvalue weighted by Crippen LogP contribution is 2.18. The molecule has 0 aromatic heterocycles. The second-order valence-electron chi connectivity index (χ2n) is 12.2. The second kappa shape index (κ2) is 29.9. The molecule has 4 nitrogen and oxygen atoms in total. The molecule has 0 radical (unpaired) electrons. The van der Waals surface area contributed by atoms with Crippen molar-refractivity contribution in [3.63, 3.8) is 0 Å². The lowest BCUT2D eigenvalue weighted by atomic mass is 10.0. The highest BCUT2D eigenvalue weighted by Gasteiger charge is 2.21. The Morgan fingerprint density at radius 1 is 0.605 bits per heavy atom. The Labute approximate surface area is 266 Å². The van der Waals surface area contributed by atoms with Gasteiger partial charge in [-0.3, -0.25) is 0 Å². The van der Waals surface area contributed by atoms with Crippen LogP contribution in [-0.2, 0) is 9.47 Å². The van der Waals surface area contributed by atoms with Crippen molar-refractivity contribution in [2.45, 2.75) is 163 Å². The summed E-state index contributed by atoms with van der Waals surface area (Å²) in [6.45, 7) is 15.4. The van der Waals surface area contributed by atoms with Gasteiger partial charge >= 0.3 is 11.9 Å². The number of carbonyl (C=O) groups is 2. The summed E-state index contributed by atoms with van der Waals surface area (Å²) in [4.78, 5) is 25.1. The van der Waals surface area contributed by atoms with E-state index in [2.05, 4.69) is 41.2 Å². The molecule has 0 N–H and O–H groups in total.